The number of amides is 1. The summed E-state index contributed by atoms with van der Waals surface area (Å²) in [7, 11) is 0. The van der Waals surface area contributed by atoms with Crippen LogP contribution in [0, 0.1) is 0 Å². The summed E-state index contributed by atoms with van der Waals surface area (Å²) in [5.41, 5.74) is 6.77. The summed E-state index contributed by atoms with van der Waals surface area (Å²) in [6.07, 6.45) is 0. The normalized spacial score (nSPS) is 10.5. The second-order valence-electron chi connectivity index (χ2n) is 4.30. The molecule has 0 aliphatic heterocycles. The number of benzene rings is 1. The number of nitrogens with two attached hydrogens (primary N) is 1. The minimum atomic E-state index is -0.417. The van der Waals surface area contributed by atoms with Crippen LogP contribution in [0.4, 0.5) is 5.13 Å². The van der Waals surface area contributed by atoms with Crippen LogP contribution in [0.15, 0.2) is 41.8 Å². The lowest BCUT2D eigenvalue weighted by molar-refractivity contribution is 0.100. The van der Waals surface area contributed by atoms with Gasteiger partial charge >= 0.3 is 0 Å². The molecule has 2 aromatic heterocycles. The summed E-state index contributed by atoms with van der Waals surface area (Å²) in [6, 6.07) is 11.2. The first-order valence-corrected chi connectivity index (χ1v) is 7.92. The van der Waals surface area contributed by atoms with E-state index in [2.05, 4.69) is 15.5 Å². The highest BCUT2D eigenvalue weighted by Gasteiger charge is 2.07. The highest BCUT2D eigenvalue weighted by atomic mass is 32.1. The molecule has 21 heavy (non-hydrogen) atoms. The Hall–Kier alpha value is -2.25. The van der Waals surface area contributed by atoms with Gasteiger partial charge < -0.3 is 11.1 Å². The first-order chi connectivity index (χ1) is 10.2. The van der Waals surface area contributed by atoms with Gasteiger partial charge in [-0.05, 0) is 29.1 Å². The van der Waals surface area contributed by atoms with E-state index in [0.29, 0.717) is 12.1 Å². The molecule has 1 amide bonds. The number of rotatable bonds is 5. The van der Waals surface area contributed by atoms with Gasteiger partial charge in [0.2, 0.25) is 11.0 Å². The number of nitrogens with one attached hydrogen (secondary N) is 1. The highest BCUT2D eigenvalue weighted by molar-refractivity contribution is 7.22. The fourth-order valence-electron chi connectivity index (χ4n) is 1.76. The van der Waals surface area contributed by atoms with Gasteiger partial charge in [-0.15, -0.1) is 21.5 Å². The van der Waals surface area contributed by atoms with Crippen LogP contribution in [0.5, 0.6) is 0 Å². The van der Waals surface area contributed by atoms with E-state index in [9.17, 15) is 4.79 Å². The van der Waals surface area contributed by atoms with Crippen molar-refractivity contribution in [1.82, 2.24) is 10.2 Å². The van der Waals surface area contributed by atoms with Crippen molar-refractivity contribution in [1.29, 1.82) is 0 Å². The molecule has 5 nitrogen and oxygen atoms in total. The summed E-state index contributed by atoms with van der Waals surface area (Å²) >= 11 is 3.17. The maximum Gasteiger partial charge on any atom is 0.248 e. The lowest BCUT2D eigenvalue weighted by Crippen LogP contribution is -2.10. The molecule has 2 heterocycles. The van der Waals surface area contributed by atoms with Crippen LogP contribution in [0.1, 0.15) is 15.9 Å². The summed E-state index contributed by atoms with van der Waals surface area (Å²) in [4.78, 5) is 12.1. The number of nitrogens with zero attached hydrogens (tertiary/aromatic N) is 2. The van der Waals surface area contributed by atoms with Crippen LogP contribution in [0.2, 0.25) is 0 Å². The summed E-state index contributed by atoms with van der Waals surface area (Å²) in [5.74, 6) is -0.417. The van der Waals surface area contributed by atoms with E-state index in [0.717, 1.165) is 20.6 Å². The number of hydrogen-bond donors (Lipinski definition) is 2. The summed E-state index contributed by atoms with van der Waals surface area (Å²) in [5, 5.41) is 15.2. The molecule has 106 valence electrons. The Bertz CT molecular complexity index is 735. The van der Waals surface area contributed by atoms with Crippen molar-refractivity contribution in [3.05, 3.63) is 52.9 Å². The van der Waals surface area contributed by atoms with Crippen molar-refractivity contribution < 1.29 is 4.79 Å². The Labute approximate surface area is 129 Å². The average molecular weight is 316 g/mol. The van der Waals surface area contributed by atoms with E-state index in [1.807, 2.05) is 29.6 Å². The molecule has 0 radical (unpaired) electrons. The zero-order chi connectivity index (χ0) is 14.7. The van der Waals surface area contributed by atoms with Gasteiger partial charge in [-0.1, -0.05) is 29.5 Å². The Balaban J connectivity index is 1.64. The molecule has 0 aliphatic carbocycles. The molecule has 0 aliphatic rings. The second kappa shape index (κ2) is 6.02. The van der Waals surface area contributed by atoms with E-state index >= 15 is 0 Å². The molecular weight excluding hydrogens is 304 g/mol. The number of carbonyl (C=O) groups excluding carboxylic acids is 1. The molecule has 7 heteroatoms. The van der Waals surface area contributed by atoms with Gasteiger partial charge in [0, 0.05) is 12.1 Å². The molecular formula is C14H12N4OS2. The van der Waals surface area contributed by atoms with Crippen LogP contribution < -0.4 is 11.1 Å². The SMILES string of the molecule is NC(=O)c1ccc(CNc2nnc(-c3cccs3)s2)cc1. The van der Waals surface area contributed by atoms with Gasteiger partial charge in [0.15, 0.2) is 5.01 Å². The molecule has 0 atom stereocenters. The molecule has 0 unspecified atom stereocenters. The fourth-order valence-corrected chi connectivity index (χ4v) is 3.29. The summed E-state index contributed by atoms with van der Waals surface area (Å²) < 4.78 is 0. The molecule has 0 saturated heterocycles. The van der Waals surface area contributed by atoms with E-state index in [1.54, 1.807) is 23.5 Å². The molecule has 0 saturated carbocycles. The van der Waals surface area contributed by atoms with Crippen LogP contribution in [-0.2, 0) is 6.54 Å². The molecule has 0 bridgehead atoms. The molecule has 0 spiro atoms. The Morgan fingerprint density at radius 1 is 1.19 bits per heavy atom. The Morgan fingerprint density at radius 3 is 2.67 bits per heavy atom. The first kappa shape index (κ1) is 13.7. The van der Waals surface area contributed by atoms with Crippen LogP contribution >= 0.6 is 22.7 Å². The van der Waals surface area contributed by atoms with Crippen molar-refractivity contribution >= 4 is 33.7 Å². The van der Waals surface area contributed by atoms with Crippen LogP contribution in [0.3, 0.4) is 0 Å². The van der Waals surface area contributed by atoms with E-state index in [-0.39, 0.29) is 0 Å². The van der Waals surface area contributed by atoms with Gasteiger partial charge in [-0.25, -0.2) is 0 Å². The minimum absolute atomic E-state index is 0.417. The lowest BCUT2D eigenvalue weighted by Gasteiger charge is -2.02. The fraction of sp³-hybridized carbons (Fsp3) is 0.0714. The number of anilines is 1. The zero-order valence-corrected chi connectivity index (χ0v) is 12.6. The number of thiophene rings is 1. The smallest absolute Gasteiger partial charge is 0.248 e. The van der Waals surface area contributed by atoms with E-state index in [4.69, 9.17) is 5.73 Å². The van der Waals surface area contributed by atoms with Gasteiger partial charge in [0.25, 0.3) is 0 Å². The Morgan fingerprint density at radius 2 is 2.00 bits per heavy atom. The summed E-state index contributed by atoms with van der Waals surface area (Å²) in [6.45, 7) is 0.623. The predicted octanol–water partition coefficient (Wildman–Crippen LogP) is 2.98. The zero-order valence-electron chi connectivity index (χ0n) is 10.9. The maximum absolute atomic E-state index is 11.0. The molecule has 3 N–H and O–H groups in total. The van der Waals surface area contributed by atoms with Crippen LogP contribution in [0.25, 0.3) is 9.88 Å². The van der Waals surface area contributed by atoms with Crippen molar-refractivity contribution in [3.8, 4) is 9.88 Å². The number of carbonyl (C=O) groups is 1. The minimum Gasteiger partial charge on any atom is -0.366 e. The molecule has 3 aromatic rings. The maximum atomic E-state index is 11.0. The lowest BCUT2D eigenvalue weighted by atomic mass is 10.1. The average Bonchev–Trinajstić information content (AvgIpc) is 3.16. The largest absolute Gasteiger partial charge is 0.366 e. The molecule has 0 fully saturated rings. The van der Waals surface area contributed by atoms with Crippen molar-refractivity contribution in [2.45, 2.75) is 6.54 Å². The van der Waals surface area contributed by atoms with Gasteiger partial charge in [0.05, 0.1) is 4.88 Å². The number of hydrogen-bond acceptors (Lipinski definition) is 6. The second-order valence-corrected chi connectivity index (χ2v) is 6.23. The van der Waals surface area contributed by atoms with E-state index in [1.165, 1.54) is 11.3 Å². The molecule has 1 aromatic carbocycles. The number of aromatic nitrogens is 2. The van der Waals surface area contributed by atoms with Crippen molar-refractivity contribution in [2.75, 3.05) is 5.32 Å². The highest BCUT2D eigenvalue weighted by Crippen LogP contribution is 2.29. The standard InChI is InChI=1S/C14H12N4OS2/c15-12(19)10-5-3-9(4-6-10)8-16-14-18-17-13(21-14)11-2-1-7-20-11/h1-7H,8H2,(H2,15,19)(H,16,18). The third-order valence-corrected chi connectivity index (χ3v) is 4.76. The number of primary amides is 1. The van der Waals surface area contributed by atoms with Gasteiger partial charge in [-0.3, -0.25) is 4.79 Å². The van der Waals surface area contributed by atoms with Gasteiger partial charge in [-0.2, -0.15) is 0 Å². The van der Waals surface area contributed by atoms with Crippen LogP contribution in [-0.4, -0.2) is 16.1 Å². The van der Waals surface area contributed by atoms with Crippen molar-refractivity contribution in [2.24, 2.45) is 5.73 Å². The predicted molar refractivity (Wildman–Crippen MR) is 85.5 cm³/mol. The Kier molecular flexibility index (Phi) is 3.94. The van der Waals surface area contributed by atoms with Gasteiger partial charge in [0.1, 0.15) is 0 Å². The first-order valence-electron chi connectivity index (χ1n) is 6.22. The molecule has 3 rings (SSSR count). The third-order valence-electron chi connectivity index (χ3n) is 2.84. The van der Waals surface area contributed by atoms with E-state index < -0.39 is 5.91 Å². The third kappa shape index (κ3) is 3.26. The van der Waals surface area contributed by atoms with Crippen molar-refractivity contribution in [3.63, 3.8) is 0 Å². The topological polar surface area (TPSA) is 80.9 Å². The quantitative estimate of drug-likeness (QED) is 0.758. The monoisotopic (exact) mass is 316 g/mol.